The molecule has 0 radical (unpaired) electrons. The molecule has 1 N–H and O–H groups in total. The molecule has 5 heteroatoms. The first-order chi connectivity index (χ1) is 11.2. The molecule has 0 fully saturated rings. The summed E-state index contributed by atoms with van der Waals surface area (Å²) in [4.78, 5) is 14.8. The summed E-state index contributed by atoms with van der Waals surface area (Å²) in [6, 6.07) is 6.08. The van der Waals surface area contributed by atoms with Crippen molar-refractivity contribution in [2.24, 2.45) is 0 Å². The van der Waals surface area contributed by atoms with Crippen LogP contribution in [-0.2, 0) is 25.9 Å². The van der Waals surface area contributed by atoms with Crippen LogP contribution >= 0.6 is 11.6 Å². The Hall–Kier alpha value is -1.91. The highest BCUT2D eigenvalue weighted by Gasteiger charge is 2.20. The van der Waals surface area contributed by atoms with Gasteiger partial charge in [-0.3, -0.25) is 4.90 Å². The number of benzene rings is 1. The number of aromatic amines is 1. The van der Waals surface area contributed by atoms with Crippen LogP contribution in [0.2, 0.25) is 5.02 Å². The second kappa shape index (κ2) is 5.95. The van der Waals surface area contributed by atoms with E-state index in [0.29, 0.717) is 0 Å². The first kappa shape index (κ1) is 14.7. The third kappa shape index (κ3) is 2.84. The summed E-state index contributed by atoms with van der Waals surface area (Å²) < 4.78 is 0. The molecular weight excluding hydrogens is 308 g/mol. The monoisotopic (exact) mass is 326 g/mol. The molecule has 4 nitrogen and oxygen atoms in total. The van der Waals surface area contributed by atoms with Gasteiger partial charge in [0.1, 0.15) is 5.82 Å². The van der Waals surface area contributed by atoms with E-state index in [0.717, 1.165) is 43.3 Å². The van der Waals surface area contributed by atoms with E-state index in [-0.39, 0.29) is 0 Å². The lowest BCUT2D eigenvalue weighted by molar-refractivity contribution is 0.243. The molecule has 1 aromatic carbocycles. The molecule has 0 unspecified atom stereocenters. The Kier molecular flexibility index (Phi) is 3.79. The number of hydrogen-bond acceptors (Lipinski definition) is 3. The molecule has 3 aromatic rings. The summed E-state index contributed by atoms with van der Waals surface area (Å²) in [5, 5.41) is 2.07. The third-order valence-corrected chi connectivity index (χ3v) is 4.73. The Balaban J connectivity index is 1.55. The summed E-state index contributed by atoms with van der Waals surface area (Å²) in [5.41, 5.74) is 5.07. The van der Waals surface area contributed by atoms with E-state index in [1.807, 2.05) is 18.5 Å². The zero-order valence-corrected chi connectivity index (χ0v) is 13.9. The van der Waals surface area contributed by atoms with Gasteiger partial charge in [-0.05, 0) is 30.2 Å². The van der Waals surface area contributed by atoms with Gasteiger partial charge in [0, 0.05) is 65.6 Å². The minimum Gasteiger partial charge on any atom is -0.357 e. The Bertz CT molecular complexity index is 838. The third-order valence-electron chi connectivity index (χ3n) is 4.50. The van der Waals surface area contributed by atoms with Crippen molar-refractivity contribution in [1.29, 1.82) is 0 Å². The van der Waals surface area contributed by atoms with E-state index < -0.39 is 0 Å². The van der Waals surface area contributed by atoms with Crippen molar-refractivity contribution >= 4 is 22.5 Å². The summed E-state index contributed by atoms with van der Waals surface area (Å²) in [6.07, 6.45) is 5.83. The first-order valence-electron chi connectivity index (χ1n) is 8.04. The highest BCUT2D eigenvalue weighted by atomic mass is 35.5. The Morgan fingerprint density at radius 3 is 2.87 bits per heavy atom. The van der Waals surface area contributed by atoms with Crippen molar-refractivity contribution in [3.05, 3.63) is 58.3 Å². The van der Waals surface area contributed by atoms with Crippen LogP contribution in [-0.4, -0.2) is 26.4 Å². The molecule has 0 aliphatic carbocycles. The number of H-pyrrole nitrogens is 1. The molecule has 1 aliphatic rings. The fourth-order valence-electron chi connectivity index (χ4n) is 3.31. The molecule has 4 rings (SSSR count). The van der Waals surface area contributed by atoms with Gasteiger partial charge < -0.3 is 4.98 Å². The van der Waals surface area contributed by atoms with Gasteiger partial charge in [0.2, 0.25) is 0 Å². The molecule has 23 heavy (non-hydrogen) atoms. The van der Waals surface area contributed by atoms with Crippen molar-refractivity contribution in [1.82, 2.24) is 19.9 Å². The second-order valence-corrected chi connectivity index (χ2v) is 6.53. The molecule has 0 saturated heterocycles. The number of aromatic nitrogens is 3. The highest BCUT2D eigenvalue weighted by Crippen LogP contribution is 2.30. The summed E-state index contributed by atoms with van der Waals surface area (Å²) in [7, 11) is 0. The van der Waals surface area contributed by atoms with Gasteiger partial charge in [0.15, 0.2) is 0 Å². The minimum atomic E-state index is 0.801. The van der Waals surface area contributed by atoms with Crippen LogP contribution in [0.15, 0.2) is 30.6 Å². The summed E-state index contributed by atoms with van der Waals surface area (Å²) in [5.74, 6) is 0.905. The van der Waals surface area contributed by atoms with Crippen LogP contribution in [0.5, 0.6) is 0 Å². The minimum absolute atomic E-state index is 0.801. The molecule has 118 valence electrons. The fourth-order valence-corrected chi connectivity index (χ4v) is 3.48. The van der Waals surface area contributed by atoms with Crippen LogP contribution in [0.1, 0.15) is 29.6 Å². The smallest absolute Gasteiger partial charge is 0.127 e. The van der Waals surface area contributed by atoms with Crippen LogP contribution in [0.25, 0.3) is 10.9 Å². The standard InChI is InChI=1S/C18H19ClN4/c1-2-18-20-8-12(9-21-18)10-23-6-5-14-15-7-13(19)3-4-16(15)22-17(14)11-23/h3-4,7-9,22H,2,5-6,10-11H2,1H3. The van der Waals surface area contributed by atoms with Gasteiger partial charge in [-0.2, -0.15) is 0 Å². The van der Waals surface area contributed by atoms with Crippen molar-refractivity contribution in [2.45, 2.75) is 32.9 Å². The lowest BCUT2D eigenvalue weighted by atomic mass is 10.0. The van der Waals surface area contributed by atoms with Gasteiger partial charge >= 0.3 is 0 Å². The van der Waals surface area contributed by atoms with Gasteiger partial charge in [-0.15, -0.1) is 0 Å². The molecule has 0 bridgehead atoms. The Morgan fingerprint density at radius 1 is 1.26 bits per heavy atom. The van der Waals surface area contributed by atoms with E-state index in [4.69, 9.17) is 11.6 Å². The molecular formula is C18H19ClN4. The highest BCUT2D eigenvalue weighted by molar-refractivity contribution is 6.31. The van der Waals surface area contributed by atoms with E-state index in [1.165, 1.54) is 27.7 Å². The van der Waals surface area contributed by atoms with Crippen LogP contribution in [0.4, 0.5) is 0 Å². The molecule has 0 spiro atoms. The molecule has 2 aromatic heterocycles. The fraction of sp³-hybridized carbons (Fsp3) is 0.333. The normalized spacial score (nSPS) is 15.0. The van der Waals surface area contributed by atoms with Crippen molar-refractivity contribution < 1.29 is 0 Å². The topological polar surface area (TPSA) is 44.8 Å². The SMILES string of the molecule is CCc1ncc(CN2CCc3c([nH]c4ccc(Cl)cc34)C2)cn1. The van der Waals surface area contributed by atoms with Gasteiger partial charge in [0.25, 0.3) is 0 Å². The first-order valence-corrected chi connectivity index (χ1v) is 8.42. The Morgan fingerprint density at radius 2 is 2.09 bits per heavy atom. The van der Waals surface area contributed by atoms with E-state index >= 15 is 0 Å². The van der Waals surface area contributed by atoms with Gasteiger partial charge in [0.05, 0.1) is 0 Å². The van der Waals surface area contributed by atoms with Crippen LogP contribution < -0.4 is 0 Å². The number of rotatable bonds is 3. The zero-order chi connectivity index (χ0) is 15.8. The molecule has 0 atom stereocenters. The van der Waals surface area contributed by atoms with Crippen LogP contribution in [0.3, 0.4) is 0 Å². The number of hydrogen-bond donors (Lipinski definition) is 1. The summed E-state index contributed by atoms with van der Waals surface area (Å²) in [6.45, 7) is 4.93. The average Bonchev–Trinajstić information content (AvgIpc) is 2.92. The van der Waals surface area contributed by atoms with Gasteiger partial charge in [-0.1, -0.05) is 18.5 Å². The number of aryl methyl sites for hydroxylation is 1. The van der Waals surface area contributed by atoms with Gasteiger partial charge in [-0.25, -0.2) is 9.97 Å². The maximum absolute atomic E-state index is 6.14. The Labute approximate surface area is 140 Å². The zero-order valence-electron chi connectivity index (χ0n) is 13.1. The average molecular weight is 327 g/mol. The maximum atomic E-state index is 6.14. The molecule has 1 aliphatic heterocycles. The van der Waals surface area contributed by atoms with Crippen LogP contribution in [0, 0.1) is 0 Å². The summed E-state index contributed by atoms with van der Waals surface area (Å²) >= 11 is 6.14. The maximum Gasteiger partial charge on any atom is 0.127 e. The largest absolute Gasteiger partial charge is 0.357 e. The van der Waals surface area contributed by atoms with E-state index in [2.05, 4.69) is 38.9 Å². The number of halogens is 1. The van der Waals surface area contributed by atoms with E-state index in [1.54, 1.807) is 0 Å². The molecule has 3 heterocycles. The molecule has 0 saturated carbocycles. The predicted molar refractivity (Wildman–Crippen MR) is 92.5 cm³/mol. The van der Waals surface area contributed by atoms with Crippen molar-refractivity contribution in [2.75, 3.05) is 6.54 Å². The molecule has 0 amide bonds. The lowest BCUT2D eigenvalue weighted by Crippen LogP contribution is -2.30. The number of nitrogens with one attached hydrogen (secondary N) is 1. The predicted octanol–water partition coefficient (Wildman–Crippen LogP) is 3.73. The number of fused-ring (bicyclic) bond motifs is 3. The second-order valence-electron chi connectivity index (χ2n) is 6.09. The quantitative estimate of drug-likeness (QED) is 0.797. The van der Waals surface area contributed by atoms with Crippen molar-refractivity contribution in [3.8, 4) is 0 Å². The van der Waals surface area contributed by atoms with Crippen molar-refractivity contribution in [3.63, 3.8) is 0 Å². The van der Waals surface area contributed by atoms with E-state index in [9.17, 15) is 0 Å². The number of nitrogens with zero attached hydrogens (tertiary/aromatic N) is 3. The lowest BCUT2D eigenvalue weighted by Gasteiger charge is -2.26.